The van der Waals surface area contributed by atoms with Crippen LogP contribution in [-0.2, 0) is 0 Å². The molecule has 0 saturated heterocycles. The van der Waals surface area contributed by atoms with Crippen LogP contribution in [0.4, 0.5) is 5.82 Å². The van der Waals surface area contributed by atoms with E-state index >= 15 is 0 Å². The SMILES string of the molecule is CN(CC1(N(C)C)CCC1)c1ccnc(Cl)n1. The summed E-state index contributed by atoms with van der Waals surface area (Å²) < 4.78 is 0. The summed E-state index contributed by atoms with van der Waals surface area (Å²) >= 11 is 5.81. The van der Waals surface area contributed by atoms with Crippen LogP contribution in [0, 0.1) is 0 Å². The summed E-state index contributed by atoms with van der Waals surface area (Å²) in [6, 6.07) is 1.90. The number of rotatable bonds is 4. The second kappa shape index (κ2) is 4.78. The summed E-state index contributed by atoms with van der Waals surface area (Å²) in [6.07, 6.45) is 5.52. The first-order valence-corrected chi connectivity index (χ1v) is 6.28. The van der Waals surface area contributed by atoms with Gasteiger partial charge < -0.3 is 9.80 Å². The largest absolute Gasteiger partial charge is 0.358 e. The summed E-state index contributed by atoms with van der Waals surface area (Å²) in [5.74, 6) is 0.887. The average molecular weight is 255 g/mol. The maximum atomic E-state index is 5.81. The van der Waals surface area contributed by atoms with Gasteiger partial charge in [-0.05, 0) is 51.0 Å². The summed E-state index contributed by atoms with van der Waals surface area (Å²) in [7, 11) is 6.36. The highest BCUT2D eigenvalue weighted by molar-refractivity contribution is 6.28. The first kappa shape index (κ1) is 12.6. The van der Waals surface area contributed by atoms with Crippen molar-refractivity contribution in [3.8, 4) is 0 Å². The number of halogens is 1. The highest BCUT2D eigenvalue weighted by Crippen LogP contribution is 2.37. The molecule has 0 aliphatic heterocycles. The number of anilines is 1. The van der Waals surface area contributed by atoms with Gasteiger partial charge >= 0.3 is 0 Å². The predicted octanol–water partition coefficient (Wildman–Crippen LogP) is 2.05. The average Bonchev–Trinajstić information content (AvgIpc) is 2.22. The van der Waals surface area contributed by atoms with Gasteiger partial charge in [0.05, 0.1) is 0 Å². The van der Waals surface area contributed by atoms with E-state index in [0.717, 1.165) is 12.4 Å². The molecule has 1 heterocycles. The Bertz CT molecular complexity index is 390. The number of hydrogen-bond acceptors (Lipinski definition) is 4. The minimum atomic E-state index is 0.298. The van der Waals surface area contributed by atoms with Crippen molar-refractivity contribution < 1.29 is 0 Å². The van der Waals surface area contributed by atoms with E-state index < -0.39 is 0 Å². The van der Waals surface area contributed by atoms with Gasteiger partial charge in [-0.3, -0.25) is 0 Å². The zero-order valence-corrected chi connectivity index (χ0v) is 11.4. The molecule has 0 radical (unpaired) electrons. The molecule has 0 bridgehead atoms. The molecule has 1 aliphatic rings. The van der Waals surface area contributed by atoms with Gasteiger partial charge in [0, 0.05) is 25.3 Å². The van der Waals surface area contributed by atoms with Crippen molar-refractivity contribution in [1.82, 2.24) is 14.9 Å². The summed E-state index contributed by atoms with van der Waals surface area (Å²) in [4.78, 5) is 12.6. The molecular formula is C12H19ClN4. The second-order valence-electron chi connectivity index (χ2n) is 5.01. The van der Waals surface area contributed by atoms with Crippen molar-refractivity contribution in [2.75, 3.05) is 32.6 Å². The minimum Gasteiger partial charge on any atom is -0.358 e. The van der Waals surface area contributed by atoms with Gasteiger partial charge in [-0.1, -0.05) is 0 Å². The smallest absolute Gasteiger partial charge is 0.224 e. The van der Waals surface area contributed by atoms with Crippen LogP contribution in [-0.4, -0.2) is 48.1 Å². The molecule has 0 aromatic carbocycles. The number of nitrogens with zero attached hydrogens (tertiary/aromatic N) is 4. The number of hydrogen-bond donors (Lipinski definition) is 0. The molecule has 0 atom stereocenters. The van der Waals surface area contributed by atoms with E-state index in [0.29, 0.717) is 10.8 Å². The zero-order chi connectivity index (χ0) is 12.5. The van der Waals surface area contributed by atoms with Crippen LogP contribution in [0.1, 0.15) is 19.3 Å². The van der Waals surface area contributed by atoms with Gasteiger partial charge in [0.1, 0.15) is 5.82 Å². The maximum Gasteiger partial charge on any atom is 0.224 e. The van der Waals surface area contributed by atoms with Crippen molar-refractivity contribution in [3.05, 3.63) is 17.5 Å². The minimum absolute atomic E-state index is 0.298. The summed E-state index contributed by atoms with van der Waals surface area (Å²) in [5, 5.41) is 0.307. The number of likely N-dealkylation sites (N-methyl/N-ethyl adjacent to an activating group) is 2. The van der Waals surface area contributed by atoms with Crippen molar-refractivity contribution in [3.63, 3.8) is 0 Å². The summed E-state index contributed by atoms with van der Waals surface area (Å²) in [5.41, 5.74) is 0.298. The van der Waals surface area contributed by atoms with Gasteiger partial charge in [0.25, 0.3) is 0 Å². The third-order valence-corrected chi connectivity index (χ3v) is 3.95. The Morgan fingerprint density at radius 3 is 2.53 bits per heavy atom. The lowest BCUT2D eigenvalue weighted by molar-refractivity contribution is 0.0682. The van der Waals surface area contributed by atoms with Crippen molar-refractivity contribution in [1.29, 1.82) is 0 Å². The Labute approximate surface area is 108 Å². The molecule has 17 heavy (non-hydrogen) atoms. The molecule has 0 N–H and O–H groups in total. The lowest BCUT2D eigenvalue weighted by Crippen LogP contribution is -2.56. The highest BCUT2D eigenvalue weighted by Gasteiger charge is 2.40. The topological polar surface area (TPSA) is 32.3 Å². The zero-order valence-electron chi connectivity index (χ0n) is 10.6. The first-order valence-electron chi connectivity index (χ1n) is 5.91. The molecule has 1 aliphatic carbocycles. The quantitative estimate of drug-likeness (QED) is 0.770. The molecule has 1 saturated carbocycles. The van der Waals surface area contributed by atoms with E-state index in [2.05, 4.69) is 40.9 Å². The van der Waals surface area contributed by atoms with Crippen LogP contribution in [0.15, 0.2) is 12.3 Å². The molecular weight excluding hydrogens is 236 g/mol. The van der Waals surface area contributed by atoms with Crippen LogP contribution in [0.3, 0.4) is 0 Å². The molecule has 1 aromatic rings. The van der Waals surface area contributed by atoms with Gasteiger partial charge in [-0.2, -0.15) is 0 Å². The van der Waals surface area contributed by atoms with E-state index in [1.807, 2.05) is 6.07 Å². The van der Waals surface area contributed by atoms with Crippen LogP contribution in [0.5, 0.6) is 0 Å². The molecule has 2 rings (SSSR count). The van der Waals surface area contributed by atoms with E-state index in [-0.39, 0.29) is 0 Å². The summed E-state index contributed by atoms with van der Waals surface area (Å²) in [6.45, 7) is 0.980. The molecule has 5 heteroatoms. The van der Waals surface area contributed by atoms with Crippen molar-refractivity contribution in [2.24, 2.45) is 0 Å². The first-order chi connectivity index (χ1) is 8.03. The molecule has 4 nitrogen and oxygen atoms in total. The Morgan fingerprint density at radius 1 is 1.35 bits per heavy atom. The normalized spacial score (nSPS) is 17.9. The fourth-order valence-electron chi connectivity index (χ4n) is 2.39. The fraction of sp³-hybridized carbons (Fsp3) is 0.667. The van der Waals surface area contributed by atoms with Gasteiger partial charge in [0.15, 0.2) is 0 Å². The van der Waals surface area contributed by atoms with Gasteiger partial charge in [0.2, 0.25) is 5.28 Å². The van der Waals surface area contributed by atoms with Crippen LogP contribution >= 0.6 is 11.6 Å². The van der Waals surface area contributed by atoms with E-state index in [1.165, 1.54) is 19.3 Å². The van der Waals surface area contributed by atoms with E-state index in [1.54, 1.807) is 6.20 Å². The molecule has 1 fully saturated rings. The van der Waals surface area contributed by atoms with Crippen LogP contribution < -0.4 is 4.90 Å². The lowest BCUT2D eigenvalue weighted by Gasteiger charge is -2.49. The Hall–Kier alpha value is -0.870. The monoisotopic (exact) mass is 254 g/mol. The highest BCUT2D eigenvalue weighted by atomic mass is 35.5. The fourth-order valence-corrected chi connectivity index (χ4v) is 2.54. The third-order valence-electron chi connectivity index (χ3n) is 3.77. The molecule has 1 aromatic heterocycles. The van der Waals surface area contributed by atoms with E-state index in [9.17, 15) is 0 Å². The second-order valence-corrected chi connectivity index (χ2v) is 5.35. The molecule has 94 valence electrons. The Balaban J connectivity index is 2.08. The predicted molar refractivity (Wildman–Crippen MR) is 70.6 cm³/mol. The molecule has 0 unspecified atom stereocenters. The Kier molecular flexibility index (Phi) is 3.54. The Morgan fingerprint density at radius 2 is 2.06 bits per heavy atom. The van der Waals surface area contributed by atoms with Crippen molar-refractivity contribution in [2.45, 2.75) is 24.8 Å². The lowest BCUT2D eigenvalue weighted by atomic mass is 9.75. The van der Waals surface area contributed by atoms with Gasteiger partial charge in [-0.15, -0.1) is 0 Å². The maximum absolute atomic E-state index is 5.81. The molecule has 0 spiro atoms. The van der Waals surface area contributed by atoms with Crippen LogP contribution in [0.25, 0.3) is 0 Å². The number of aromatic nitrogens is 2. The molecule has 0 amide bonds. The standard InChI is InChI=1S/C12H19ClN4/c1-16(2)12(6-4-7-12)9-17(3)10-5-8-14-11(13)15-10/h5,8H,4,6-7,9H2,1-3H3. The van der Waals surface area contributed by atoms with Gasteiger partial charge in [-0.25, -0.2) is 9.97 Å². The van der Waals surface area contributed by atoms with Crippen molar-refractivity contribution >= 4 is 17.4 Å². The third kappa shape index (κ3) is 2.53. The van der Waals surface area contributed by atoms with Crippen LogP contribution in [0.2, 0.25) is 5.28 Å². The van der Waals surface area contributed by atoms with E-state index in [4.69, 9.17) is 11.6 Å².